The number of ether oxygens (including phenoxy) is 1. The maximum Gasteiger partial charge on any atom is 0.182 e. The van der Waals surface area contributed by atoms with Crippen LogP contribution in [-0.4, -0.2) is 18.3 Å². The molecule has 1 heterocycles. The molecule has 0 spiro atoms. The van der Waals surface area contributed by atoms with E-state index in [4.69, 9.17) is 10.1 Å². The van der Waals surface area contributed by atoms with Gasteiger partial charge in [-0.2, -0.15) is 0 Å². The molecule has 2 aromatic rings. The summed E-state index contributed by atoms with van der Waals surface area (Å²) in [5.74, 6) is -0.272. The molecular formula is C10H11FN2OS. The van der Waals surface area contributed by atoms with Crippen molar-refractivity contribution >= 4 is 21.6 Å². The van der Waals surface area contributed by atoms with Gasteiger partial charge in [-0.25, -0.2) is 4.39 Å². The lowest BCUT2D eigenvalue weighted by Crippen LogP contribution is -2.15. The zero-order valence-corrected chi connectivity index (χ0v) is 9.10. The second-order valence-corrected chi connectivity index (χ2v) is 4.19. The van der Waals surface area contributed by atoms with Gasteiger partial charge < -0.3 is 9.30 Å². The van der Waals surface area contributed by atoms with E-state index in [1.807, 2.05) is 0 Å². The fourth-order valence-corrected chi connectivity index (χ4v) is 2.38. The van der Waals surface area contributed by atoms with Gasteiger partial charge in [-0.05, 0) is 18.2 Å². The van der Waals surface area contributed by atoms with Gasteiger partial charge in [-0.1, -0.05) is 11.3 Å². The van der Waals surface area contributed by atoms with Crippen molar-refractivity contribution in [1.82, 2.24) is 4.57 Å². The molecule has 0 fully saturated rings. The Balaban J connectivity index is 2.55. The summed E-state index contributed by atoms with van der Waals surface area (Å²) in [6.07, 6.45) is 0. The second kappa shape index (κ2) is 4.12. The molecular weight excluding hydrogens is 215 g/mol. The summed E-state index contributed by atoms with van der Waals surface area (Å²) in [7, 11) is 1.61. The maximum absolute atomic E-state index is 13.0. The molecule has 0 unspecified atom stereocenters. The van der Waals surface area contributed by atoms with Gasteiger partial charge >= 0.3 is 0 Å². The molecule has 2 rings (SSSR count). The highest BCUT2D eigenvalue weighted by Gasteiger charge is 2.05. The Morgan fingerprint density at radius 3 is 3.07 bits per heavy atom. The summed E-state index contributed by atoms with van der Waals surface area (Å²) in [6.45, 7) is 1.11. The molecule has 3 nitrogen and oxygen atoms in total. The standard InChI is InChI=1S/C10H11FN2OS/c1-14-5-4-13-8-6-7(11)2-3-9(8)15-10(13)12/h2-3,6,12H,4-5H2,1H3. The Kier molecular flexibility index (Phi) is 2.83. The van der Waals surface area contributed by atoms with E-state index in [2.05, 4.69) is 0 Å². The van der Waals surface area contributed by atoms with E-state index in [-0.39, 0.29) is 5.82 Å². The van der Waals surface area contributed by atoms with Crippen LogP contribution < -0.4 is 4.80 Å². The summed E-state index contributed by atoms with van der Waals surface area (Å²) in [6, 6.07) is 4.58. The summed E-state index contributed by atoms with van der Waals surface area (Å²) >= 11 is 1.35. The van der Waals surface area contributed by atoms with Gasteiger partial charge in [0.1, 0.15) is 5.82 Å². The first-order valence-electron chi connectivity index (χ1n) is 4.55. The third kappa shape index (κ3) is 1.93. The molecule has 15 heavy (non-hydrogen) atoms. The number of fused-ring (bicyclic) bond motifs is 1. The van der Waals surface area contributed by atoms with Crippen molar-refractivity contribution < 1.29 is 9.13 Å². The van der Waals surface area contributed by atoms with E-state index in [1.54, 1.807) is 17.7 Å². The van der Waals surface area contributed by atoms with Crippen molar-refractivity contribution in [2.24, 2.45) is 0 Å². The normalized spacial score (nSPS) is 11.1. The number of nitrogens with zero attached hydrogens (tertiary/aromatic N) is 1. The number of hydrogen-bond acceptors (Lipinski definition) is 3. The van der Waals surface area contributed by atoms with E-state index >= 15 is 0 Å². The Bertz CT molecular complexity index is 532. The van der Waals surface area contributed by atoms with Crippen LogP contribution in [0.3, 0.4) is 0 Å². The third-order valence-corrected chi connectivity index (χ3v) is 3.16. The summed E-state index contributed by atoms with van der Waals surface area (Å²) in [5, 5.41) is 7.75. The number of hydrogen-bond donors (Lipinski definition) is 1. The fraction of sp³-hybridized carbons (Fsp3) is 0.300. The van der Waals surface area contributed by atoms with Gasteiger partial charge in [0, 0.05) is 13.7 Å². The Labute approximate surface area is 90.2 Å². The van der Waals surface area contributed by atoms with Crippen molar-refractivity contribution in [1.29, 1.82) is 5.41 Å². The molecule has 1 aromatic carbocycles. The number of thiazole rings is 1. The highest BCUT2D eigenvalue weighted by molar-refractivity contribution is 7.16. The Hall–Kier alpha value is -1.20. The quantitative estimate of drug-likeness (QED) is 0.853. The van der Waals surface area contributed by atoms with Crippen LogP contribution in [0.5, 0.6) is 0 Å². The minimum absolute atomic E-state index is 0.272. The van der Waals surface area contributed by atoms with Crippen molar-refractivity contribution in [3.8, 4) is 0 Å². The van der Waals surface area contributed by atoms with Gasteiger partial charge in [-0.3, -0.25) is 5.41 Å². The van der Waals surface area contributed by atoms with E-state index in [0.717, 1.165) is 10.2 Å². The van der Waals surface area contributed by atoms with Crippen LogP contribution in [-0.2, 0) is 11.3 Å². The van der Waals surface area contributed by atoms with E-state index in [9.17, 15) is 4.39 Å². The zero-order chi connectivity index (χ0) is 10.8. The highest BCUT2D eigenvalue weighted by Crippen LogP contribution is 2.17. The lowest BCUT2D eigenvalue weighted by molar-refractivity contribution is 0.187. The van der Waals surface area contributed by atoms with Crippen molar-refractivity contribution in [2.45, 2.75) is 6.54 Å². The highest BCUT2D eigenvalue weighted by atomic mass is 32.1. The van der Waals surface area contributed by atoms with Gasteiger partial charge in [0.15, 0.2) is 4.80 Å². The number of rotatable bonds is 3. The minimum Gasteiger partial charge on any atom is -0.383 e. The van der Waals surface area contributed by atoms with Crippen molar-refractivity contribution in [2.75, 3.05) is 13.7 Å². The summed E-state index contributed by atoms with van der Waals surface area (Å²) in [4.78, 5) is 0.424. The fourth-order valence-electron chi connectivity index (χ4n) is 1.46. The average Bonchev–Trinajstić information content (AvgIpc) is 2.51. The zero-order valence-electron chi connectivity index (χ0n) is 8.29. The molecule has 0 amide bonds. The van der Waals surface area contributed by atoms with E-state index in [0.29, 0.717) is 18.0 Å². The monoisotopic (exact) mass is 226 g/mol. The van der Waals surface area contributed by atoms with Gasteiger partial charge in [0.25, 0.3) is 0 Å². The van der Waals surface area contributed by atoms with E-state index in [1.165, 1.54) is 23.5 Å². The number of aromatic nitrogens is 1. The third-order valence-electron chi connectivity index (χ3n) is 2.18. The minimum atomic E-state index is -0.272. The first-order valence-corrected chi connectivity index (χ1v) is 5.36. The number of halogens is 1. The molecule has 0 radical (unpaired) electrons. The van der Waals surface area contributed by atoms with Gasteiger partial charge in [-0.15, -0.1) is 0 Å². The average molecular weight is 226 g/mol. The molecule has 0 saturated carbocycles. The SMILES string of the molecule is COCCn1c(=N)sc2ccc(F)cc21. The molecule has 0 aliphatic rings. The molecule has 0 saturated heterocycles. The molecule has 0 aliphatic heterocycles. The molecule has 0 aliphatic carbocycles. The smallest absolute Gasteiger partial charge is 0.182 e. The van der Waals surface area contributed by atoms with Crippen molar-refractivity contribution in [3.63, 3.8) is 0 Å². The predicted molar refractivity (Wildman–Crippen MR) is 57.5 cm³/mol. The van der Waals surface area contributed by atoms with Crippen LogP contribution in [0.25, 0.3) is 10.2 Å². The maximum atomic E-state index is 13.0. The van der Waals surface area contributed by atoms with Crippen LogP contribution in [0, 0.1) is 11.2 Å². The molecule has 1 aromatic heterocycles. The molecule has 5 heteroatoms. The van der Waals surface area contributed by atoms with Crippen LogP contribution in [0.4, 0.5) is 4.39 Å². The molecule has 80 valence electrons. The molecule has 0 atom stereocenters. The van der Waals surface area contributed by atoms with Gasteiger partial charge in [0.05, 0.1) is 16.8 Å². The molecule has 1 N–H and O–H groups in total. The van der Waals surface area contributed by atoms with E-state index < -0.39 is 0 Å². The van der Waals surface area contributed by atoms with Crippen LogP contribution in [0.1, 0.15) is 0 Å². The Morgan fingerprint density at radius 1 is 1.53 bits per heavy atom. The predicted octanol–water partition coefficient (Wildman–Crippen LogP) is 1.97. The number of methoxy groups -OCH3 is 1. The van der Waals surface area contributed by atoms with Crippen LogP contribution in [0.2, 0.25) is 0 Å². The van der Waals surface area contributed by atoms with Gasteiger partial charge in [0.2, 0.25) is 0 Å². The lowest BCUT2D eigenvalue weighted by Gasteiger charge is -2.03. The van der Waals surface area contributed by atoms with Crippen LogP contribution in [0.15, 0.2) is 18.2 Å². The van der Waals surface area contributed by atoms with Crippen molar-refractivity contribution in [3.05, 3.63) is 28.8 Å². The summed E-state index contributed by atoms with van der Waals surface area (Å²) < 4.78 is 20.7. The topological polar surface area (TPSA) is 38.0 Å². The number of nitrogens with one attached hydrogen (secondary N) is 1. The summed E-state index contributed by atoms with van der Waals surface area (Å²) in [5.41, 5.74) is 0.766. The first-order chi connectivity index (χ1) is 7.22. The molecule has 0 bridgehead atoms. The first kappa shape index (κ1) is 10.3. The second-order valence-electron chi connectivity index (χ2n) is 3.16. The lowest BCUT2D eigenvalue weighted by atomic mass is 10.3. The largest absolute Gasteiger partial charge is 0.383 e. The van der Waals surface area contributed by atoms with Crippen LogP contribution >= 0.6 is 11.3 Å². The Morgan fingerprint density at radius 2 is 2.33 bits per heavy atom. The number of benzene rings is 1.